The number of para-hydroxylation sites is 1. The van der Waals surface area contributed by atoms with Crippen LogP contribution in [0.4, 0.5) is 0 Å². The molecule has 0 fully saturated rings. The molecule has 0 radical (unpaired) electrons. The van der Waals surface area contributed by atoms with Crippen LogP contribution >= 0.6 is 23.5 Å². The van der Waals surface area contributed by atoms with E-state index in [9.17, 15) is 5.11 Å². The average Bonchev–Trinajstić information content (AvgIpc) is 2.44. The van der Waals surface area contributed by atoms with Gasteiger partial charge in [-0.3, -0.25) is 0 Å². The van der Waals surface area contributed by atoms with Crippen molar-refractivity contribution in [1.82, 2.24) is 0 Å². The first kappa shape index (κ1) is 16.8. The lowest BCUT2D eigenvalue weighted by Gasteiger charge is -2.21. The Morgan fingerprint density at radius 1 is 1.11 bits per heavy atom. The molecule has 2 atom stereocenters. The number of hydrogen-bond acceptors (Lipinski definition) is 3. The average molecular weight is 299 g/mol. The van der Waals surface area contributed by atoms with Gasteiger partial charge < -0.3 is 5.11 Å². The van der Waals surface area contributed by atoms with E-state index in [0.717, 1.165) is 17.2 Å². The van der Waals surface area contributed by atoms with Crippen LogP contribution in [-0.2, 0) is 6.42 Å². The topological polar surface area (TPSA) is 20.2 Å². The van der Waals surface area contributed by atoms with Crippen LogP contribution < -0.4 is 0 Å². The molecule has 108 valence electrons. The molecule has 1 N–H and O–H groups in total. The summed E-state index contributed by atoms with van der Waals surface area (Å²) in [7, 11) is 0. The molecule has 0 aliphatic carbocycles. The number of hydrogen-bond donors (Lipinski definition) is 1. The van der Waals surface area contributed by atoms with Gasteiger partial charge in [-0.1, -0.05) is 38.0 Å². The molecular formula is C16H26OS2. The number of benzene rings is 1. The molecule has 19 heavy (non-hydrogen) atoms. The van der Waals surface area contributed by atoms with Gasteiger partial charge in [-0.2, -0.15) is 23.5 Å². The third-order valence-electron chi connectivity index (χ3n) is 3.51. The normalized spacial score (nSPS) is 14.3. The molecule has 3 heteroatoms. The van der Waals surface area contributed by atoms with Crippen LogP contribution in [-0.4, -0.2) is 28.1 Å². The van der Waals surface area contributed by atoms with E-state index in [4.69, 9.17) is 0 Å². The van der Waals surface area contributed by atoms with E-state index in [-0.39, 0.29) is 0 Å². The van der Waals surface area contributed by atoms with E-state index in [1.807, 2.05) is 41.7 Å². The Hall–Kier alpha value is -0.280. The second-order valence-electron chi connectivity index (χ2n) is 4.93. The Morgan fingerprint density at radius 2 is 1.79 bits per heavy atom. The van der Waals surface area contributed by atoms with Gasteiger partial charge in [0.2, 0.25) is 0 Å². The summed E-state index contributed by atoms with van der Waals surface area (Å²) in [6.07, 6.45) is 10.5. The first-order valence-corrected chi connectivity index (χ1v) is 9.61. The van der Waals surface area contributed by atoms with E-state index < -0.39 is 0 Å². The number of phenols is 1. The highest BCUT2D eigenvalue weighted by Gasteiger charge is 2.16. The first-order valence-electron chi connectivity index (χ1n) is 7.03. The Morgan fingerprint density at radius 3 is 2.37 bits per heavy atom. The van der Waals surface area contributed by atoms with E-state index in [0.29, 0.717) is 11.0 Å². The highest BCUT2D eigenvalue weighted by atomic mass is 32.2. The summed E-state index contributed by atoms with van der Waals surface area (Å²) < 4.78 is 0. The van der Waals surface area contributed by atoms with Crippen molar-refractivity contribution in [2.24, 2.45) is 0 Å². The van der Waals surface area contributed by atoms with Crippen LogP contribution in [0.3, 0.4) is 0 Å². The largest absolute Gasteiger partial charge is 0.508 e. The van der Waals surface area contributed by atoms with Gasteiger partial charge >= 0.3 is 0 Å². The molecule has 0 amide bonds. The van der Waals surface area contributed by atoms with Gasteiger partial charge in [0.15, 0.2) is 0 Å². The van der Waals surface area contributed by atoms with Crippen molar-refractivity contribution >= 4 is 23.5 Å². The maximum absolute atomic E-state index is 9.87. The highest BCUT2D eigenvalue weighted by molar-refractivity contribution is 8.00. The van der Waals surface area contributed by atoms with Crippen LogP contribution in [0.25, 0.3) is 0 Å². The van der Waals surface area contributed by atoms with Crippen LogP contribution in [0, 0.1) is 0 Å². The summed E-state index contributed by atoms with van der Waals surface area (Å²) in [4.78, 5) is 0. The standard InChI is InChI=1S/C16H26OS2/c1-4-5-9-14(18-2)12-15(19-3)11-13-8-6-7-10-16(13)17/h6-8,10,14-15,17H,4-5,9,11-12H2,1-3H3. The van der Waals surface area contributed by atoms with Crippen molar-refractivity contribution < 1.29 is 5.11 Å². The fourth-order valence-corrected chi connectivity index (χ4v) is 3.97. The summed E-state index contributed by atoms with van der Waals surface area (Å²) >= 11 is 3.92. The smallest absolute Gasteiger partial charge is 0.118 e. The summed E-state index contributed by atoms with van der Waals surface area (Å²) in [6, 6.07) is 7.73. The van der Waals surface area contributed by atoms with Crippen molar-refractivity contribution in [3.05, 3.63) is 29.8 Å². The van der Waals surface area contributed by atoms with Gasteiger partial charge in [0.25, 0.3) is 0 Å². The molecule has 0 saturated carbocycles. The molecule has 0 aliphatic rings. The van der Waals surface area contributed by atoms with Crippen molar-refractivity contribution in [3.8, 4) is 5.75 Å². The minimum absolute atomic E-state index is 0.441. The molecule has 0 aliphatic heterocycles. The van der Waals surface area contributed by atoms with E-state index in [1.165, 1.54) is 25.7 Å². The Labute approximate surface area is 126 Å². The summed E-state index contributed by atoms with van der Waals surface area (Å²) in [6.45, 7) is 2.26. The van der Waals surface area contributed by atoms with Crippen molar-refractivity contribution in [2.45, 2.75) is 49.5 Å². The van der Waals surface area contributed by atoms with Gasteiger partial charge in [0.05, 0.1) is 0 Å². The van der Waals surface area contributed by atoms with Gasteiger partial charge in [-0.15, -0.1) is 0 Å². The predicted molar refractivity (Wildman–Crippen MR) is 90.6 cm³/mol. The lowest BCUT2D eigenvalue weighted by Crippen LogP contribution is -2.15. The third kappa shape index (κ3) is 6.13. The van der Waals surface area contributed by atoms with Crippen molar-refractivity contribution in [3.63, 3.8) is 0 Å². The second-order valence-corrected chi connectivity index (χ2v) is 7.20. The van der Waals surface area contributed by atoms with Crippen LogP contribution in [0.5, 0.6) is 5.75 Å². The van der Waals surface area contributed by atoms with Crippen LogP contribution in [0.2, 0.25) is 0 Å². The summed E-state index contributed by atoms with van der Waals surface area (Å²) in [5, 5.41) is 11.2. The number of phenolic OH excluding ortho intramolecular Hbond substituents is 1. The number of aromatic hydroxyl groups is 1. The molecule has 1 aromatic carbocycles. The maximum atomic E-state index is 9.87. The van der Waals surface area contributed by atoms with Gasteiger partial charge in [0.1, 0.15) is 5.75 Å². The Kier molecular flexibility index (Phi) is 8.47. The number of thioether (sulfide) groups is 2. The van der Waals surface area contributed by atoms with Crippen molar-refractivity contribution in [1.29, 1.82) is 0 Å². The van der Waals surface area contributed by atoms with Gasteiger partial charge in [0, 0.05) is 10.5 Å². The van der Waals surface area contributed by atoms with Crippen molar-refractivity contribution in [2.75, 3.05) is 12.5 Å². The lowest BCUT2D eigenvalue weighted by molar-refractivity contribution is 0.466. The van der Waals surface area contributed by atoms with E-state index >= 15 is 0 Å². The Balaban J connectivity index is 2.55. The zero-order valence-corrected chi connectivity index (χ0v) is 13.9. The molecule has 1 aromatic rings. The molecule has 0 saturated heterocycles. The van der Waals surface area contributed by atoms with E-state index in [2.05, 4.69) is 19.4 Å². The first-order chi connectivity index (χ1) is 9.21. The fraction of sp³-hybridized carbons (Fsp3) is 0.625. The number of rotatable bonds is 9. The molecule has 0 heterocycles. The molecular weight excluding hydrogens is 272 g/mol. The monoisotopic (exact) mass is 298 g/mol. The molecule has 2 unspecified atom stereocenters. The zero-order valence-electron chi connectivity index (χ0n) is 12.3. The Bertz CT molecular complexity index is 354. The maximum Gasteiger partial charge on any atom is 0.118 e. The van der Waals surface area contributed by atoms with E-state index in [1.54, 1.807) is 6.07 Å². The minimum atomic E-state index is 0.441. The predicted octanol–water partition coefficient (Wildman–Crippen LogP) is 4.98. The quantitative estimate of drug-likeness (QED) is 0.694. The molecule has 1 rings (SSSR count). The fourth-order valence-electron chi connectivity index (χ4n) is 2.25. The zero-order chi connectivity index (χ0) is 14.1. The van der Waals surface area contributed by atoms with Gasteiger partial charge in [-0.05, 0) is 43.4 Å². The number of unbranched alkanes of at least 4 members (excludes halogenated alkanes) is 1. The second kappa shape index (κ2) is 9.60. The van der Waals surface area contributed by atoms with Crippen LogP contribution in [0.1, 0.15) is 38.2 Å². The summed E-state index contributed by atoms with van der Waals surface area (Å²) in [5.41, 5.74) is 1.08. The SMILES string of the molecule is CCCCC(CC(Cc1ccccc1O)SC)SC. The lowest BCUT2D eigenvalue weighted by atomic mass is 10.0. The minimum Gasteiger partial charge on any atom is -0.508 e. The van der Waals surface area contributed by atoms with Gasteiger partial charge in [-0.25, -0.2) is 0 Å². The highest BCUT2D eigenvalue weighted by Crippen LogP contribution is 2.28. The molecule has 0 spiro atoms. The third-order valence-corrected chi connectivity index (χ3v) is 5.63. The summed E-state index contributed by atoms with van der Waals surface area (Å²) in [5.74, 6) is 0.441. The molecule has 0 aromatic heterocycles. The molecule has 1 nitrogen and oxygen atoms in total. The molecule has 0 bridgehead atoms. The van der Waals surface area contributed by atoms with Crippen LogP contribution in [0.15, 0.2) is 24.3 Å².